The maximum atomic E-state index is 12.8. The van der Waals surface area contributed by atoms with E-state index in [-0.39, 0.29) is 9.80 Å². The van der Waals surface area contributed by atoms with Gasteiger partial charge in [0.2, 0.25) is 9.84 Å². The quantitative estimate of drug-likeness (QED) is 0.562. The van der Waals surface area contributed by atoms with Crippen LogP contribution in [0.1, 0.15) is 16.7 Å². The van der Waals surface area contributed by atoms with Crippen molar-refractivity contribution in [2.24, 2.45) is 0 Å². The van der Waals surface area contributed by atoms with E-state index in [4.69, 9.17) is 4.74 Å². The number of rotatable bonds is 6. The van der Waals surface area contributed by atoms with E-state index in [1.54, 1.807) is 36.4 Å². The maximum absolute atomic E-state index is 12.8. The number of para-hydroxylation sites is 1. The molecule has 28 heavy (non-hydrogen) atoms. The molecule has 0 saturated heterocycles. The van der Waals surface area contributed by atoms with Crippen LogP contribution >= 0.6 is 0 Å². The Morgan fingerprint density at radius 2 is 1.61 bits per heavy atom. The Morgan fingerprint density at radius 3 is 2.29 bits per heavy atom. The summed E-state index contributed by atoms with van der Waals surface area (Å²) in [5.41, 5.74) is 2.47. The molecule has 0 unspecified atom stereocenters. The standard InChI is InChI=1S/C23H19NO3S/c1-18-11-13-21(14-12-18)28(25,26)22(16-24)15-20-9-5-6-10-23(20)27-17-19-7-3-2-4-8-19/h2-15H,17H2,1H3/b22-15-. The first-order valence-electron chi connectivity index (χ1n) is 8.70. The first-order valence-corrected chi connectivity index (χ1v) is 10.2. The van der Waals surface area contributed by atoms with Gasteiger partial charge in [0.15, 0.2) is 0 Å². The molecule has 140 valence electrons. The molecule has 5 heteroatoms. The Kier molecular flexibility index (Phi) is 5.93. The van der Waals surface area contributed by atoms with Crippen LogP contribution in [0.5, 0.6) is 5.75 Å². The number of aryl methyl sites for hydroxylation is 1. The summed E-state index contributed by atoms with van der Waals surface area (Å²) < 4.78 is 31.5. The lowest BCUT2D eigenvalue weighted by Crippen LogP contribution is -2.04. The van der Waals surface area contributed by atoms with Crippen molar-refractivity contribution in [1.82, 2.24) is 0 Å². The van der Waals surface area contributed by atoms with E-state index in [9.17, 15) is 13.7 Å². The van der Waals surface area contributed by atoms with Gasteiger partial charge in [-0.25, -0.2) is 8.42 Å². The van der Waals surface area contributed by atoms with Gasteiger partial charge in [-0.15, -0.1) is 0 Å². The number of benzene rings is 3. The van der Waals surface area contributed by atoms with E-state index in [0.717, 1.165) is 11.1 Å². The van der Waals surface area contributed by atoms with Crippen molar-refractivity contribution in [2.75, 3.05) is 0 Å². The first-order chi connectivity index (χ1) is 13.5. The van der Waals surface area contributed by atoms with Crippen LogP contribution in [0.3, 0.4) is 0 Å². The number of nitriles is 1. The van der Waals surface area contributed by atoms with Crippen LogP contribution in [0, 0.1) is 18.3 Å². The lowest BCUT2D eigenvalue weighted by molar-refractivity contribution is 0.305. The molecule has 0 N–H and O–H groups in total. The molecule has 0 heterocycles. The van der Waals surface area contributed by atoms with Gasteiger partial charge in [0.05, 0.1) is 4.90 Å². The Balaban J connectivity index is 1.93. The number of ether oxygens (including phenoxy) is 1. The van der Waals surface area contributed by atoms with Gasteiger partial charge in [-0.1, -0.05) is 66.2 Å². The Labute approximate surface area is 165 Å². The van der Waals surface area contributed by atoms with Crippen LogP contribution < -0.4 is 4.74 Å². The SMILES string of the molecule is Cc1ccc(S(=O)(=O)/C(C#N)=C\c2ccccc2OCc2ccccc2)cc1. The summed E-state index contributed by atoms with van der Waals surface area (Å²) in [5.74, 6) is 0.512. The van der Waals surface area contributed by atoms with Gasteiger partial charge in [-0.2, -0.15) is 5.26 Å². The molecule has 0 aromatic heterocycles. The van der Waals surface area contributed by atoms with Crippen molar-refractivity contribution in [1.29, 1.82) is 5.26 Å². The molecule has 0 spiro atoms. The average molecular weight is 389 g/mol. The minimum Gasteiger partial charge on any atom is -0.488 e. The molecule has 0 radical (unpaired) electrons. The van der Waals surface area contributed by atoms with Gasteiger partial charge < -0.3 is 4.74 Å². The van der Waals surface area contributed by atoms with Gasteiger partial charge in [0, 0.05) is 5.56 Å². The highest BCUT2D eigenvalue weighted by atomic mass is 32.2. The van der Waals surface area contributed by atoms with Gasteiger partial charge >= 0.3 is 0 Å². The summed E-state index contributed by atoms with van der Waals surface area (Å²) in [4.78, 5) is -0.235. The average Bonchev–Trinajstić information content (AvgIpc) is 2.72. The highest BCUT2D eigenvalue weighted by molar-refractivity contribution is 7.95. The fraction of sp³-hybridized carbons (Fsp3) is 0.0870. The third-order valence-corrected chi connectivity index (χ3v) is 5.85. The molecule has 0 aliphatic heterocycles. The van der Waals surface area contributed by atoms with Gasteiger partial charge in [0.1, 0.15) is 23.3 Å². The number of allylic oxidation sites excluding steroid dienone is 1. The Hall–Kier alpha value is -3.36. The van der Waals surface area contributed by atoms with Crippen molar-refractivity contribution in [3.05, 3.63) is 100 Å². The molecule has 0 saturated carbocycles. The summed E-state index contributed by atoms with van der Waals surface area (Å²) in [6.07, 6.45) is 1.36. The molecule has 0 aliphatic carbocycles. The molecule has 0 aliphatic rings. The molecular formula is C23H19NO3S. The molecule has 0 fully saturated rings. The zero-order valence-corrected chi connectivity index (χ0v) is 16.2. The predicted octanol–water partition coefficient (Wildman–Crippen LogP) is 4.91. The van der Waals surface area contributed by atoms with Gasteiger partial charge in [-0.3, -0.25) is 0 Å². The van der Waals surface area contributed by atoms with Crippen LogP contribution in [0.15, 0.2) is 88.7 Å². The molecule has 3 aromatic carbocycles. The molecule has 3 aromatic rings. The monoisotopic (exact) mass is 389 g/mol. The fourth-order valence-corrected chi connectivity index (χ4v) is 3.77. The van der Waals surface area contributed by atoms with E-state index in [1.165, 1.54) is 18.2 Å². The molecule has 3 rings (SSSR count). The largest absolute Gasteiger partial charge is 0.488 e. The summed E-state index contributed by atoms with van der Waals surface area (Å²) in [5, 5.41) is 9.50. The van der Waals surface area contributed by atoms with E-state index < -0.39 is 9.84 Å². The summed E-state index contributed by atoms with van der Waals surface area (Å²) in [6, 6.07) is 25.0. The zero-order valence-electron chi connectivity index (χ0n) is 15.4. The van der Waals surface area contributed by atoms with E-state index in [1.807, 2.05) is 43.3 Å². The topological polar surface area (TPSA) is 67.2 Å². The fourth-order valence-electron chi connectivity index (χ4n) is 2.62. The maximum Gasteiger partial charge on any atom is 0.216 e. The summed E-state index contributed by atoms with van der Waals surface area (Å²) in [7, 11) is -3.91. The minimum atomic E-state index is -3.91. The molecule has 0 atom stereocenters. The van der Waals surface area contributed by atoms with Crippen LogP contribution in [-0.2, 0) is 16.4 Å². The van der Waals surface area contributed by atoms with E-state index in [0.29, 0.717) is 17.9 Å². The Morgan fingerprint density at radius 1 is 0.964 bits per heavy atom. The van der Waals surface area contributed by atoms with Crippen molar-refractivity contribution < 1.29 is 13.2 Å². The zero-order chi connectivity index (χ0) is 20.0. The third-order valence-electron chi connectivity index (χ3n) is 4.17. The lowest BCUT2D eigenvalue weighted by Gasteiger charge is -2.10. The summed E-state index contributed by atoms with van der Waals surface area (Å²) >= 11 is 0. The van der Waals surface area contributed by atoms with Gasteiger partial charge in [0.25, 0.3) is 0 Å². The second-order valence-electron chi connectivity index (χ2n) is 6.25. The highest BCUT2D eigenvalue weighted by Crippen LogP contribution is 2.26. The van der Waals surface area contributed by atoms with Gasteiger partial charge in [-0.05, 0) is 36.8 Å². The second-order valence-corrected chi connectivity index (χ2v) is 8.17. The van der Waals surface area contributed by atoms with Crippen LogP contribution in [0.2, 0.25) is 0 Å². The van der Waals surface area contributed by atoms with Crippen LogP contribution in [0.25, 0.3) is 6.08 Å². The molecular weight excluding hydrogens is 370 g/mol. The van der Waals surface area contributed by atoms with Crippen molar-refractivity contribution in [2.45, 2.75) is 18.4 Å². The predicted molar refractivity (Wildman–Crippen MR) is 109 cm³/mol. The number of nitrogens with zero attached hydrogens (tertiary/aromatic N) is 1. The highest BCUT2D eigenvalue weighted by Gasteiger charge is 2.21. The molecule has 0 amide bonds. The normalized spacial score (nSPS) is 11.6. The Bertz CT molecular complexity index is 1130. The van der Waals surface area contributed by atoms with E-state index in [2.05, 4.69) is 0 Å². The minimum absolute atomic E-state index is 0.0913. The smallest absolute Gasteiger partial charge is 0.216 e. The number of sulfone groups is 1. The van der Waals surface area contributed by atoms with E-state index >= 15 is 0 Å². The number of hydrogen-bond donors (Lipinski definition) is 0. The lowest BCUT2D eigenvalue weighted by atomic mass is 10.2. The molecule has 0 bridgehead atoms. The number of hydrogen-bond acceptors (Lipinski definition) is 4. The van der Waals surface area contributed by atoms with Crippen molar-refractivity contribution >= 4 is 15.9 Å². The first kappa shape index (κ1) is 19.4. The molecule has 4 nitrogen and oxygen atoms in total. The van der Waals surface area contributed by atoms with Crippen molar-refractivity contribution in [3.63, 3.8) is 0 Å². The van der Waals surface area contributed by atoms with Crippen molar-refractivity contribution in [3.8, 4) is 11.8 Å². The summed E-state index contributed by atoms with van der Waals surface area (Å²) in [6.45, 7) is 2.22. The van der Waals surface area contributed by atoms with Crippen LogP contribution in [-0.4, -0.2) is 8.42 Å². The third kappa shape index (κ3) is 4.48. The second kappa shape index (κ2) is 8.55. The van der Waals surface area contributed by atoms with Crippen LogP contribution in [0.4, 0.5) is 0 Å².